The van der Waals surface area contributed by atoms with E-state index in [2.05, 4.69) is 14.8 Å². The van der Waals surface area contributed by atoms with E-state index in [4.69, 9.17) is 5.73 Å². The standard InChI is InChI=1S/C14H15N5O2S/c1-2-22(20,21)18-11-8-6-10(7-9-11)12-4-3-5-13-16-14(15)17-19(12)13/h3-9,18H,2H2,1H3,(H2,15,17). The summed E-state index contributed by atoms with van der Waals surface area (Å²) in [5.41, 5.74) is 8.52. The number of nitrogen functional groups attached to an aromatic ring is 1. The molecule has 3 N–H and O–H groups in total. The second kappa shape index (κ2) is 5.30. The van der Waals surface area contributed by atoms with Gasteiger partial charge in [-0.3, -0.25) is 4.72 Å². The Hall–Kier alpha value is -2.61. The van der Waals surface area contributed by atoms with Gasteiger partial charge in [0.25, 0.3) is 0 Å². The van der Waals surface area contributed by atoms with E-state index in [-0.39, 0.29) is 11.7 Å². The van der Waals surface area contributed by atoms with Crippen molar-refractivity contribution in [2.45, 2.75) is 6.92 Å². The Morgan fingerprint density at radius 2 is 1.91 bits per heavy atom. The molecule has 0 radical (unpaired) electrons. The molecule has 0 bridgehead atoms. The molecule has 0 amide bonds. The molecule has 0 spiro atoms. The molecular formula is C14H15N5O2S. The number of nitrogens with two attached hydrogens (primary N) is 1. The van der Waals surface area contributed by atoms with Crippen molar-refractivity contribution in [3.8, 4) is 11.3 Å². The number of anilines is 2. The molecule has 2 heterocycles. The first-order chi connectivity index (χ1) is 10.5. The van der Waals surface area contributed by atoms with Crippen LogP contribution in [0.15, 0.2) is 42.5 Å². The predicted octanol–water partition coefficient (Wildman–Crippen LogP) is 1.74. The average molecular weight is 317 g/mol. The minimum absolute atomic E-state index is 0.0340. The quantitative estimate of drug-likeness (QED) is 0.763. The number of hydrogen-bond acceptors (Lipinski definition) is 5. The Balaban J connectivity index is 1.98. The molecule has 8 heteroatoms. The van der Waals surface area contributed by atoms with Crippen LogP contribution in [-0.4, -0.2) is 28.8 Å². The van der Waals surface area contributed by atoms with Crippen LogP contribution >= 0.6 is 0 Å². The highest BCUT2D eigenvalue weighted by Gasteiger charge is 2.09. The predicted molar refractivity (Wildman–Crippen MR) is 85.9 cm³/mol. The van der Waals surface area contributed by atoms with E-state index in [0.29, 0.717) is 11.3 Å². The van der Waals surface area contributed by atoms with Gasteiger partial charge in [0, 0.05) is 11.3 Å². The van der Waals surface area contributed by atoms with Crippen molar-refractivity contribution < 1.29 is 8.42 Å². The van der Waals surface area contributed by atoms with Crippen molar-refractivity contribution in [1.29, 1.82) is 0 Å². The molecule has 1 aromatic carbocycles. The molecule has 3 aromatic rings. The summed E-state index contributed by atoms with van der Waals surface area (Å²) >= 11 is 0. The van der Waals surface area contributed by atoms with Crippen LogP contribution in [0, 0.1) is 0 Å². The summed E-state index contributed by atoms with van der Waals surface area (Å²) in [7, 11) is -3.28. The highest BCUT2D eigenvalue weighted by atomic mass is 32.2. The molecule has 0 fully saturated rings. The number of pyridine rings is 1. The number of hydrogen-bond donors (Lipinski definition) is 2. The van der Waals surface area contributed by atoms with Crippen molar-refractivity contribution in [1.82, 2.24) is 14.6 Å². The first-order valence-corrected chi connectivity index (χ1v) is 8.36. The number of rotatable bonds is 4. The number of nitrogens with zero attached hydrogens (tertiary/aromatic N) is 3. The minimum Gasteiger partial charge on any atom is -0.366 e. The number of benzene rings is 1. The van der Waals surface area contributed by atoms with Gasteiger partial charge < -0.3 is 5.73 Å². The first-order valence-electron chi connectivity index (χ1n) is 6.71. The Kier molecular flexibility index (Phi) is 3.45. The van der Waals surface area contributed by atoms with Crippen LogP contribution in [-0.2, 0) is 10.0 Å². The maximum atomic E-state index is 11.6. The molecule has 0 saturated carbocycles. The van der Waals surface area contributed by atoms with Crippen LogP contribution in [0.5, 0.6) is 0 Å². The monoisotopic (exact) mass is 317 g/mol. The van der Waals surface area contributed by atoms with Gasteiger partial charge >= 0.3 is 0 Å². The molecule has 0 aliphatic carbocycles. The van der Waals surface area contributed by atoms with Crippen molar-refractivity contribution in [2.24, 2.45) is 0 Å². The van der Waals surface area contributed by atoms with Gasteiger partial charge in [-0.2, -0.15) is 4.98 Å². The summed E-state index contributed by atoms with van der Waals surface area (Å²) in [4.78, 5) is 4.11. The SMILES string of the molecule is CCS(=O)(=O)Nc1ccc(-c2cccc3nc(N)nn23)cc1. The summed E-state index contributed by atoms with van der Waals surface area (Å²) in [5.74, 6) is 0.242. The number of nitrogens with one attached hydrogen (secondary N) is 1. The summed E-state index contributed by atoms with van der Waals surface area (Å²) in [6, 6.07) is 12.6. The normalized spacial score (nSPS) is 11.7. The van der Waals surface area contributed by atoms with E-state index in [1.54, 1.807) is 23.6 Å². The Bertz CT molecular complexity index is 916. The Morgan fingerprint density at radius 3 is 2.59 bits per heavy atom. The lowest BCUT2D eigenvalue weighted by Gasteiger charge is -2.08. The number of aromatic nitrogens is 3. The fraction of sp³-hybridized carbons (Fsp3) is 0.143. The Morgan fingerprint density at radius 1 is 1.18 bits per heavy atom. The zero-order chi connectivity index (χ0) is 15.7. The number of fused-ring (bicyclic) bond motifs is 1. The van der Waals surface area contributed by atoms with Gasteiger partial charge in [-0.15, -0.1) is 5.10 Å². The second-order valence-electron chi connectivity index (χ2n) is 4.73. The van der Waals surface area contributed by atoms with Crippen molar-refractivity contribution in [2.75, 3.05) is 16.2 Å². The van der Waals surface area contributed by atoms with Crippen LogP contribution in [0.2, 0.25) is 0 Å². The third kappa shape index (κ3) is 2.73. The van der Waals surface area contributed by atoms with Crippen molar-refractivity contribution >= 4 is 27.3 Å². The molecule has 7 nitrogen and oxygen atoms in total. The van der Waals surface area contributed by atoms with Crippen LogP contribution in [0.25, 0.3) is 16.9 Å². The summed E-state index contributed by atoms with van der Waals surface area (Å²) < 4.78 is 27.3. The van der Waals surface area contributed by atoms with Gasteiger partial charge in [-0.25, -0.2) is 12.9 Å². The van der Waals surface area contributed by atoms with Crippen LogP contribution in [0.4, 0.5) is 11.6 Å². The molecule has 0 atom stereocenters. The minimum atomic E-state index is -3.28. The molecule has 22 heavy (non-hydrogen) atoms. The van der Waals surface area contributed by atoms with Crippen molar-refractivity contribution in [3.05, 3.63) is 42.5 Å². The van der Waals surface area contributed by atoms with E-state index < -0.39 is 10.0 Å². The maximum absolute atomic E-state index is 11.6. The summed E-state index contributed by atoms with van der Waals surface area (Å²) in [6.45, 7) is 1.59. The second-order valence-corrected chi connectivity index (χ2v) is 6.74. The topological polar surface area (TPSA) is 102 Å². The van der Waals surface area contributed by atoms with E-state index >= 15 is 0 Å². The molecule has 3 rings (SSSR count). The smallest absolute Gasteiger partial charge is 0.240 e. The van der Waals surface area contributed by atoms with Gasteiger partial charge in [0.2, 0.25) is 16.0 Å². The average Bonchev–Trinajstić information content (AvgIpc) is 2.88. The maximum Gasteiger partial charge on any atom is 0.240 e. The zero-order valence-corrected chi connectivity index (χ0v) is 12.7. The molecule has 0 aliphatic heterocycles. The van der Waals surface area contributed by atoms with E-state index in [0.717, 1.165) is 11.3 Å². The van der Waals surface area contributed by atoms with Gasteiger partial charge in [-0.05, 0) is 31.2 Å². The number of sulfonamides is 1. The summed E-state index contributed by atoms with van der Waals surface area (Å²) in [5, 5.41) is 4.16. The molecule has 0 unspecified atom stereocenters. The van der Waals surface area contributed by atoms with Gasteiger partial charge in [0.1, 0.15) is 0 Å². The van der Waals surface area contributed by atoms with Gasteiger partial charge in [0.15, 0.2) is 5.65 Å². The van der Waals surface area contributed by atoms with Gasteiger partial charge in [-0.1, -0.05) is 18.2 Å². The molecule has 0 aliphatic rings. The Labute approximate surface area is 127 Å². The lowest BCUT2D eigenvalue weighted by Crippen LogP contribution is -2.14. The van der Waals surface area contributed by atoms with E-state index in [1.807, 2.05) is 30.3 Å². The van der Waals surface area contributed by atoms with Gasteiger partial charge in [0.05, 0.1) is 11.4 Å². The fourth-order valence-corrected chi connectivity index (χ4v) is 2.74. The van der Waals surface area contributed by atoms with Crippen molar-refractivity contribution in [3.63, 3.8) is 0 Å². The fourth-order valence-electron chi connectivity index (χ4n) is 2.10. The lowest BCUT2D eigenvalue weighted by atomic mass is 10.1. The van der Waals surface area contributed by atoms with Crippen LogP contribution in [0.3, 0.4) is 0 Å². The highest BCUT2D eigenvalue weighted by molar-refractivity contribution is 7.92. The third-order valence-corrected chi connectivity index (χ3v) is 4.52. The molecule has 2 aromatic heterocycles. The van der Waals surface area contributed by atoms with Crippen LogP contribution < -0.4 is 10.5 Å². The zero-order valence-electron chi connectivity index (χ0n) is 11.9. The van der Waals surface area contributed by atoms with Crippen LogP contribution in [0.1, 0.15) is 6.92 Å². The third-order valence-electron chi connectivity index (χ3n) is 3.21. The van der Waals surface area contributed by atoms with E-state index in [9.17, 15) is 8.42 Å². The largest absolute Gasteiger partial charge is 0.366 e. The summed E-state index contributed by atoms with van der Waals surface area (Å²) in [6.07, 6.45) is 0. The lowest BCUT2D eigenvalue weighted by molar-refractivity contribution is 0.602. The first kappa shape index (κ1) is 14.3. The molecule has 0 saturated heterocycles. The molecular weight excluding hydrogens is 302 g/mol. The van der Waals surface area contributed by atoms with E-state index in [1.165, 1.54) is 0 Å². The highest BCUT2D eigenvalue weighted by Crippen LogP contribution is 2.22. The molecule has 114 valence electrons.